The second-order valence-electron chi connectivity index (χ2n) is 11.2. The van der Waals surface area contributed by atoms with Crippen LogP contribution >= 0.6 is 11.6 Å². The molecule has 9 heteroatoms. The van der Waals surface area contributed by atoms with E-state index >= 15 is 0 Å². The Morgan fingerprint density at radius 2 is 1.47 bits per heavy atom. The maximum absolute atomic E-state index is 14.6. The van der Waals surface area contributed by atoms with Gasteiger partial charge in [-0.05, 0) is 73.7 Å². The predicted molar refractivity (Wildman–Crippen MR) is 181 cm³/mol. The number of benzene rings is 4. The van der Waals surface area contributed by atoms with Crippen molar-refractivity contribution in [3.05, 3.63) is 130 Å². The van der Waals surface area contributed by atoms with Crippen LogP contribution in [0.4, 0.5) is 5.69 Å². The van der Waals surface area contributed by atoms with E-state index in [2.05, 4.69) is 5.32 Å². The van der Waals surface area contributed by atoms with Crippen LogP contribution in [0.3, 0.4) is 0 Å². The molecule has 4 aromatic carbocycles. The summed E-state index contributed by atoms with van der Waals surface area (Å²) in [5, 5.41) is 3.49. The standard InChI is InChI=1S/C36H40ClN3O4S/c1-5-27(3)38-36(42)34(23-29-16-8-6-9-17-29)39(24-30-18-12-13-21-32(30)37)35(41)25-40(33-22-14-15-26(2)28(33)4)45(43,44)31-19-10-7-11-20-31/h6-22,27,34H,5,23-25H2,1-4H3,(H,38,42)/t27-,34+/m0/s1. The van der Waals surface area contributed by atoms with E-state index in [1.807, 2.05) is 70.2 Å². The molecule has 0 radical (unpaired) electrons. The number of rotatable bonds is 13. The number of halogens is 1. The van der Waals surface area contributed by atoms with Crippen LogP contribution in [-0.2, 0) is 32.6 Å². The molecule has 0 heterocycles. The van der Waals surface area contributed by atoms with Gasteiger partial charge in [-0.2, -0.15) is 0 Å². The predicted octanol–water partition coefficient (Wildman–Crippen LogP) is 6.71. The molecule has 0 aromatic heterocycles. The number of nitrogens with zero attached hydrogens (tertiary/aromatic N) is 2. The first-order chi connectivity index (χ1) is 21.5. The molecule has 45 heavy (non-hydrogen) atoms. The molecule has 0 aliphatic heterocycles. The van der Waals surface area contributed by atoms with Gasteiger partial charge in [-0.1, -0.05) is 97.4 Å². The van der Waals surface area contributed by atoms with Gasteiger partial charge in [0, 0.05) is 24.0 Å². The number of carbonyl (C=O) groups is 2. The molecule has 0 aliphatic carbocycles. The minimum absolute atomic E-state index is 0.00988. The van der Waals surface area contributed by atoms with Crippen molar-refractivity contribution >= 4 is 39.1 Å². The summed E-state index contributed by atoms with van der Waals surface area (Å²) in [6.45, 7) is 7.10. The number of hydrogen-bond donors (Lipinski definition) is 1. The van der Waals surface area contributed by atoms with Crippen molar-refractivity contribution in [2.75, 3.05) is 10.8 Å². The maximum atomic E-state index is 14.6. The van der Waals surface area contributed by atoms with Crippen LogP contribution in [0.2, 0.25) is 5.02 Å². The summed E-state index contributed by atoms with van der Waals surface area (Å²) in [5.74, 6) is -0.853. The van der Waals surface area contributed by atoms with Crippen molar-refractivity contribution in [2.24, 2.45) is 0 Å². The quantitative estimate of drug-likeness (QED) is 0.175. The van der Waals surface area contributed by atoms with Crippen LogP contribution in [0.15, 0.2) is 108 Å². The highest BCUT2D eigenvalue weighted by atomic mass is 35.5. The third kappa shape index (κ3) is 8.32. The Bertz CT molecular complexity index is 1720. The van der Waals surface area contributed by atoms with E-state index in [0.29, 0.717) is 22.7 Å². The topological polar surface area (TPSA) is 86.8 Å². The zero-order chi connectivity index (χ0) is 32.6. The fraction of sp³-hybridized carbons (Fsp3) is 0.278. The minimum atomic E-state index is -4.17. The van der Waals surface area contributed by atoms with Gasteiger partial charge in [0.25, 0.3) is 10.0 Å². The molecule has 0 aliphatic rings. The van der Waals surface area contributed by atoms with Gasteiger partial charge in [0.05, 0.1) is 10.6 Å². The van der Waals surface area contributed by atoms with Crippen molar-refractivity contribution in [1.29, 1.82) is 0 Å². The van der Waals surface area contributed by atoms with Gasteiger partial charge in [0.1, 0.15) is 12.6 Å². The Kier molecular flexibility index (Phi) is 11.4. The summed E-state index contributed by atoms with van der Waals surface area (Å²) in [6, 6.07) is 29.0. The highest BCUT2D eigenvalue weighted by molar-refractivity contribution is 7.92. The molecule has 0 saturated carbocycles. The Balaban J connectivity index is 1.84. The zero-order valence-corrected chi connectivity index (χ0v) is 27.7. The molecule has 0 bridgehead atoms. The van der Waals surface area contributed by atoms with Gasteiger partial charge in [-0.25, -0.2) is 8.42 Å². The number of aryl methyl sites for hydroxylation is 1. The van der Waals surface area contributed by atoms with Gasteiger partial charge in [-0.15, -0.1) is 0 Å². The average Bonchev–Trinajstić information content (AvgIpc) is 3.04. The number of sulfonamides is 1. The third-order valence-electron chi connectivity index (χ3n) is 8.03. The number of nitrogens with one attached hydrogen (secondary N) is 1. The third-order valence-corrected chi connectivity index (χ3v) is 10.2. The van der Waals surface area contributed by atoms with Crippen LogP contribution in [-0.4, -0.2) is 43.8 Å². The van der Waals surface area contributed by atoms with Crippen LogP contribution in [0.5, 0.6) is 0 Å². The van der Waals surface area contributed by atoms with Crippen molar-refractivity contribution in [1.82, 2.24) is 10.2 Å². The van der Waals surface area contributed by atoms with Crippen LogP contribution in [0, 0.1) is 13.8 Å². The highest BCUT2D eigenvalue weighted by Gasteiger charge is 2.35. The smallest absolute Gasteiger partial charge is 0.264 e. The lowest BCUT2D eigenvalue weighted by atomic mass is 10.0. The van der Waals surface area contributed by atoms with Gasteiger partial charge in [0.15, 0.2) is 0 Å². The first kappa shape index (κ1) is 33.7. The Morgan fingerprint density at radius 1 is 0.844 bits per heavy atom. The largest absolute Gasteiger partial charge is 0.352 e. The second-order valence-corrected chi connectivity index (χ2v) is 13.4. The van der Waals surface area contributed by atoms with E-state index in [0.717, 1.165) is 21.0 Å². The van der Waals surface area contributed by atoms with Crippen molar-refractivity contribution in [3.63, 3.8) is 0 Å². The summed E-state index contributed by atoms with van der Waals surface area (Å²) in [6.07, 6.45) is 0.937. The zero-order valence-electron chi connectivity index (χ0n) is 26.1. The number of hydrogen-bond acceptors (Lipinski definition) is 4. The fourth-order valence-corrected chi connectivity index (χ4v) is 6.73. The molecule has 2 atom stereocenters. The molecule has 0 unspecified atom stereocenters. The molecule has 0 saturated heterocycles. The first-order valence-corrected chi connectivity index (χ1v) is 16.9. The molecule has 0 fully saturated rings. The fourth-order valence-electron chi connectivity index (χ4n) is 5.04. The lowest BCUT2D eigenvalue weighted by Crippen LogP contribution is -2.54. The van der Waals surface area contributed by atoms with Gasteiger partial charge in [0.2, 0.25) is 11.8 Å². The summed E-state index contributed by atoms with van der Waals surface area (Å²) in [5.41, 5.74) is 3.52. The van der Waals surface area contributed by atoms with E-state index in [1.54, 1.807) is 48.5 Å². The lowest BCUT2D eigenvalue weighted by Gasteiger charge is -2.35. The highest BCUT2D eigenvalue weighted by Crippen LogP contribution is 2.29. The number of amides is 2. The second kappa shape index (κ2) is 15.2. The summed E-state index contributed by atoms with van der Waals surface area (Å²) < 4.78 is 29.6. The Labute approximate surface area is 271 Å². The Hall–Kier alpha value is -4.14. The first-order valence-electron chi connectivity index (χ1n) is 15.0. The molecular weight excluding hydrogens is 606 g/mol. The molecule has 0 spiro atoms. The van der Waals surface area contributed by atoms with E-state index in [9.17, 15) is 18.0 Å². The lowest BCUT2D eigenvalue weighted by molar-refractivity contribution is -0.140. The summed E-state index contributed by atoms with van der Waals surface area (Å²) in [4.78, 5) is 30.1. The summed E-state index contributed by atoms with van der Waals surface area (Å²) >= 11 is 6.57. The normalized spacial score (nSPS) is 12.6. The van der Waals surface area contributed by atoms with Gasteiger partial charge in [-0.3, -0.25) is 13.9 Å². The molecule has 7 nitrogen and oxygen atoms in total. The van der Waals surface area contributed by atoms with E-state index in [4.69, 9.17) is 11.6 Å². The van der Waals surface area contributed by atoms with E-state index in [1.165, 1.54) is 17.0 Å². The molecular formula is C36H40ClN3O4S. The van der Waals surface area contributed by atoms with Crippen LogP contribution < -0.4 is 9.62 Å². The van der Waals surface area contributed by atoms with Gasteiger partial charge < -0.3 is 10.2 Å². The van der Waals surface area contributed by atoms with E-state index < -0.39 is 28.5 Å². The van der Waals surface area contributed by atoms with Crippen molar-refractivity contribution in [3.8, 4) is 0 Å². The summed E-state index contributed by atoms with van der Waals surface area (Å²) in [7, 11) is -4.17. The molecule has 4 rings (SSSR count). The molecule has 4 aromatic rings. The SMILES string of the molecule is CC[C@H](C)NC(=O)[C@@H](Cc1ccccc1)N(Cc1ccccc1Cl)C(=O)CN(c1cccc(C)c1C)S(=O)(=O)c1ccccc1. The monoisotopic (exact) mass is 645 g/mol. The number of anilines is 1. The molecule has 236 valence electrons. The van der Waals surface area contributed by atoms with Crippen molar-refractivity contribution < 1.29 is 18.0 Å². The number of carbonyl (C=O) groups excluding carboxylic acids is 2. The minimum Gasteiger partial charge on any atom is -0.352 e. The molecule has 2 amide bonds. The van der Waals surface area contributed by atoms with Crippen LogP contribution in [0.25, 0.3) is 0 Å². The average molecular weight is 646 g/mol. The molecule has 1 N–H and O–H groups in total. The van der Waals surface area contributed by atoms with Crippen LogP contribution in [0.1, 0.15) is 42.5 Å². The van der Waals surface area contributed by atoms with Gasteiger partial charge >= 0.3 is 0 Å². The maximum Gasteiger partial charge on any atom is 0.264 e. The van der Waals surface area contributed by atoms with Crippen molar-refractivity contribution in [2.45, 2.75) is 64.1 Å². The Morgan fingerprint density at radius 3 is 2.11 bits per heavy atom. The van der Waals surface area contributed by atoms with E-state index in [-0.39, 0.29) is 29.8 Å².